The van der Waals surface area contributed by atoms with Crippen LogP contribution >= 0.6 is 0 Å². The van der Waals surface area contributed by atoms with Crippen LogP contribution in [-0.4, -0.2) is 47.4 Å². The van der Waals surface area contributed by atoms with Crippen molar-refractivity contribution in [2.24, 2.45) is 0 Å². The monoisotopic (exact) mass is 338 g/mol. The third-order valence-electron chi connectivity index (χ3n) is 3.16. The maximum Gasteiger partial charge on any atom is 0.339 e. The Morgan fingerprint density at radius 2 is 2.00 bits per heavy atom. The molecule has 24 heavy (non-hydrogen) atoms. The smallest absolute Gasteiger partial charge is 0.339 e. The fourth-order valence-electron chi connectivity index (χ4n) is 1.97. The van der Waals surface area contributed by atoms with Gasteiger partial charge in [-0.25, -0.2) is 4.79 Å². The van der Waals surface area contributed by atoms with Crippen molar-refractivity contribution in [2.45, 2.75) is 45.8 Å². The molecule has 0 aliphatic rings. The van der Waals surface area contributed by atoms with Gasteiger partial charge in [0.15, 0.2) is 0 Å². The molecule has 0 saturated carbocycles. The Morgan fingerprint density at radius 3 is 2.58 bits per heavy atom. The number of benzene rings is 1. The molecule has 0 bridgehead atoms. The van der Waals surface area contributed by atoms with Gasteiger partial charge in [-0.2, -0.15) is 0 Å². The molecule has 7 nitrogen and oxygen atoms in total. The van der Waals surface area contributed by atoms with Crippen LogP contribution in [0.4, 0.5) is 5.69 Å². The molecule has 7 heteroatoms. The van der Waals surface area contributed by atoms with Gasteiger partial charge in [0.1, 0.15) is 24.0 Å². The summed E-state index contributed by atoms with van der Waals surface area (Å²) in [6.07, 6.45) is 0.328. The molecule has 0 heterocycles. The van der Waals surface area contributed by atoms with Crippen LogP contribution < -0.4 is 15.4 Å². The molecule has 0 radical (unpaired) electrons. The number of carboxylic acids is 1. The summed E-state index contributed by atoms with van der Waals surface area (Å²) in [6.45, 7) is 6.13. The topological polar surface area (TPSA) is 108 Å². The minimum Gasteiger partial charge on any atom is -0.490 e. The lowest BCUT2D eigenvalue weighted by molar-refractivity contribution is -0.116. The van der Waals surface area contributed by atoms with E-state index in [9.17, 15) is 19.8 Å². The minimum absolute atomic E-state index is 0.0262. The van der Waals surface area contributed by atoms with Gasteiger partial charge in [0, 0.05) is 24.7 Å². The van der Waals surface area contributed by atoms with Crippen LogP contribution in [0.15, 0.2) is 18.2 Å². The van der Waals surface area contributed by atoms with Gasteiger partial charge in [-0.3, -0.25) is 4.79 Å². The van der Waals surface area contributed by atoms with Crippen molar-refractivity contribution in [3.8, 4) is 5.75 Å². The van der Waals surface area contributed by atoms with E-state index in [2.05, 4.69) is 10.6 Å². The van der Waals surface area contributed by atoms with Crippen LogP contribution in [0, 0.1) is 0 Å². The molecule has 0 aliphatic heterocycles. The number of aromatic carboxylic acids is 1. The fourth-order valence-corrected chi connectivity index (χ4v) is 1.97. The van der Waals surface area contributed by atoms with Gasteiger partial charge in [-0.1, -0.05) is 20.8 Å². The molecule has 0 aromatic heterocycles. The third kappa shape index (κ3) is 6.97. The van der Waals surface area contributed by atoms with Gasteiger partial charge in [-0.05, 0) is 24.6 Å². The van der Waals surface area contributed by atoms with E-state index in [1.54, 1.807) is 6.07 Å². The van der Waals surface area contributed by atoms with E-state index >= 15 is 0 Å². The Bertz CT molecular complexity index is 560. The average Bonchev–Trinajstić information content (AvgIpc) is 2.51. The number of ether oxygens (including phenoxy) is 1. The number of carbonyl (C=O) groups excluding carboxylic acids is 1. The highest BCUT2D eigenvalue weighted by molar-refractivity contribution is 5.95. The van der Waals surface area contributed by atoms with Crippen LogP contribution in [0.3, 0.4) is 0 Å². The summed E-state index contributed by atoms with van der Waals surface area (Å²) < 4.78 is 5.42. The molecular weight excluding hydrogens is 312 g/mol. The Morgan fingerprint density at radius 1 is 1.29 bits per heavy atom. The molecule has 0 spiro atoms. The molecule has 134 valence electrons. The molecule has 1 atom stereocenters. The van der Waals surface area contributed by atoms with Crippen molar-refractivity contribution >= 4 is 17.6 Å². The fraction of sp³-hybridized carbons (Fsp3) is 0.529. The van der Waals surface area contributed by atoms with E-state index in [-0.39, 0.29) is 29.9 Å². The van der Waals surface area contributed by atoms with Gasteiger partial charge < -0.3 is 25.6 Å². The standard InChI is InChI=1S/C17H26N2O5/c1-4-5-16(21)19-12-6-7-15(14(8-12)17(22)23)24-10-13(20)9-18-11(2)3/h6-8,11,13,18,20H,4-5,9-10H2,1-3H3,(H,19,21)(H,22,23). The van der Waals surface area contributed by atoms with E-state index < -0.39 is 12.1 Å². The number of rotatable bonds is 10. The van der Waals surface area contributed by atoms with Crippen LogP contribution in [0.1, 0.15) is 44.0 Å². The number of amides is 1. The second-order valence-electron chi connectivity index (χ2n) is 5.84. The molecule has 1 amide bonds. The molecule has 1 rings (SSSR count). The maximum absolute atomic E-state index is 11.6. The highest BCUT2D eigenvalue weighted by Gasteiger charge is 2.15. The van der Waals surface area contributed by atoms with E-state index in [0.717, 1.165) is 0 Å². The summed E-state index contributed by atoms with van der Waals surface area (Å²) in [5.74, 6) is -1.18. The maximum atomic E-state index is 11.6. The Balaban J connectivity index is 2.73. The number of carboxylic acid groups (broad SMARTS) is 1. The summed E-state index contributed by atoms with van der Waals surface area (Å²) in [6, 6.07) is 4.64. The molecule has 0 fully saturated rings. The van der Waals surface area contributed by atoms with Crippen LogP contribution in [0.5, 0.6) is 5.75 Å². The number of aliphatic hydroxyl groups is 1. The average molecular weight is 338 g/mol. The second-order valence-corrected chi connectivity index (χ2v) is 5.84. The lowest BCUT2D eigenvalue weighted by Gasteiger charge is -2.16. The normalized spacial score (nSPS) is 12.0. The summed E-state index contributed by atoms with van der Waals surface area (Å²) in [7, 11) is 0. The first kappa shape index (κ1) is 19.9. The first-order valence-corrected chi connectivity index (χ1v) is 8.04. The molecular formula is C17H26N2O5. The van der Waals surface area contributed by atoms with Crippen molar-refractivity contribution in [2.75, 3.05) is 18.5 Å². The Hall–Kier alpha value is -2.12. The Labute approximate surface area is 142 Å². The van der Waals surface area contributed by atoms with Crippen LogP contribution in [0.25, 0.3) is 0 Å². The first-order chi connectivity index (χ1) is 11.3. The number of hydrogen-bond donors (Lipinski definition) is 4. The quantitative estimate of drug-likeness (QED) is 0.519. The summed E-state index contributed by atoms with van der Waals surface area (Å²) in [5, 5.41) is 24.8. The van der Waals surface area contributed by atoms with E-state index in [0.29, 0.717) is 25.1 Å². The number of nitrogens with one attached hydrogen (secondary N) is 2. The molecule has 0 aliphatic carbocycles. The number of anilines is 1. The Kier molecular flexibility index (Phi) is 8.21. The zero-order valence-electron chi connectivity index (χ0n) is 14.3. The summed E-state index contributed by atoms with van der Waals surface area (Å²) in [4.78, 5) is 23.0. The van der Waals surface area contributed by atoms with Crippen molar-refractivity contribution < 1.29 is 24.5 Å². The van der Waals surface area contributed by atoms with E-state index in [1.165, 1.54) is 12.1 Å². The van der Waals surface area contributed by atoms with Crippen LogP contribution in [0.2, 0.25) is 0 Å². The van der Waals surface area contributed by atoms with Crippen LogP contribution in [-0.2, 0) is 4.79 Å². The summed E-state index contributed by atoms with van der Waals surface area (Å²) >= 11 is 0. The molecule has 4 N–H and O–H groups in total. The molecule has 1 aromatic rings. The number of aliphatic hydroxyl groups excluding tert-OH is 1. The second kappa shape index (κ2) is 9.89. The minimum atomic E-state index is -1.16. The lowest BCUT2D eigenvalue weighted by atomic mass is 10.1. The predicted octanol–water partition coefficient (Wildman–Crippen LogP) is 1.86. The number of hydrogen-bond acceptors (Lipinski definition) is 5. The van der Waals surface area contributed by atoms with Gasteiger partial charge >= 0.3 is 5.97 Å². The molecule has 1 aromatic carbocycles. The molecule has 1 unspecified atom stereocenters. The molecule has 0 saturated heterocycles. The third-order valence-corrected chi connectivity index (χ3v) is 3.16. The predicted molar refractivity (Wildman–Crippen MR) is 91.6 cm³/mol. The zero-order valence-corrected chi connectivity index (χ0v) is 14.3. The number of carbonyl (C=O) groups is 2. The highest BCUT2D eigenvalue weighted by atomic mass is 16.5. The van der Waals surface area contributed by atoms with E-state index in [4.69, 9.17) is 4.74 Å². The SMILES string of the molecule is CCCC(=O)Nc1ccc(OCC(O)CNC(C)C)c(C(=O)O)c1. The highest BCUT2D eigenvalue weighted by Crippen LogP contribution is 2.23. The van der Waals surface area contributed by atoms with Gasteiger partial charge in [0.2, 0.25) is 5.91 Å². The van der Waals surface area contributed by atoms with Gasteiger partial charge in [-0.15, -0.1) is 0 Å². The lowest BCUT2D eigenvalue weighted by Crippen LogP contribution is -2.35. The van der Waals surface area contributed by atoms with Crippen molar-refractivity contribution in [3.63, 3.8) is 0 Å². The van der Waals surface area contributed by atoms with Crippen molar-refractivity contribution in [1.82, 2.24) is 5.32 Å². The van der Waals surface area contributed by atoms with Gasteiger partial charge in [0.05, 0.1) is 0 Å². The van der Waals surface area contributed by atoms with Crippen molar-refractivity contribution in [3.05, 3.63) is 23.8 Å². The largest absolute Gasteiger partial charge is 0.490 e. The van der Waals surface area contributed by atoms with Gasteiger partial charge in [0.25, 0.3) is 0 Å². The van der Waals surface area contributed by atoms with E-state index in [1.807, 2.05) is 20.8 Å². The zero-order chi connectivity index (χ0) is 18.1. The van der Waals surface area contributed by atoms with Crippen molar-refractivity contribution in [1.29, 1.82) is 0 Å². The summed E-state index contributed by atoms with van der Waals surface area (Å²) in [5.41, 5.74) is 0.341. The first-order valence-electron chi connectivity index (χ1n) is 8.04.